The van der Waals surface area contributed by atoms with Crippen molar-refractivity contribution in [2.75, 3.05) is 10.6 Å². The summed E-state index contributed by atoms with van der Waals surface area (Å²) in [6.45, 7) is 0. The Kier molecular flexibility index (Phi) is 2.94. The van der Waals surface area contributed by atoms with Crippen LogP contribution in [0.3, 0.4) is 0 Å². The summed E-state index contributed by atoms with van der Waals surface area (Å²) in [6.07, 6.45) is 1.27. The Morgan fingerprint density at radius 1 is 1.44 bits per heavy atom. The highest BCUT2D eigenvalue weighted by molar-refractivity contribution is 5.99. The third kappa shape index (κ3) is 2.13. The van der Waals surface area contributed by atoms with Gasteiger partial charge in [-0.2, -0.15) is 10.5 Å². The van der Waals surface area contributed by atoms with Crippen molar-refractivity contribution in [2.24, 2.45) is 0 Å². The lowest BCUT2D eigenvalue weighted by Crippen LogP contribution is -2.03. The van der Waals surface area contributed by atoms with Gasteiger partial charge in [0, 0.05) is 11.9 Å². The van der Waals surface area contributed by atoms with Crippen LogP contribution in [0.2, 0.25) is 0 Å². The number of hydrogen-bond acceptors (Lipinski definition) is 4. The predicted octanol–water partition coefficient (Wildman–Crippen LogP) is 1.66. The topological polar surface area (TPSA) is 88.7 Å². The molecule has 0 spiro atoms. The van der Waals surface area contributed by atoms with Gasteiger partial charge in [0.25, 0.3) is 0 Å². The number of nitrogens with one attached hydrogen (secondary N) is 2. The second-order valence-corrected chi connectivity index (χ2v) is 3.64. The van der Waals surface area contributed by atoms with Crippen LogP contribution in [0, 0.1) is 28.5 Å². The highest BCUT2D eigenvalue weighted by atomic mass is 19.1. The van der Waals surface area contributed by atoms with E-state index in [1.54, 1.807) is 12.1 Å². The largest absolute Gasteiger partial charge is 0.357 e. The number of carbonyl (C=O) groups excluding carboxylic acids is 1. The standard InChI is InChI=1S/C12H7FN4O/c13-9-1-8-2-12(18)17-10(8)3-11(9)16-6-7(4-14)5-15/h1,3,6,16H,2H2,(H,17,18). The lowest BCUT2D eigenvalue weighted by molar-refractivity contribution is -0.115. The number of nitrogens with zero attached hydrogens (tertiary/aromatic N) is 2. The summed E-state index contributed by atoms with van der Waals surface area (Å²) in [7, 11) is 0. The number of amides is 1. The van der Waals surface area contributed by atoms with Gasteiger partial charge in [0.1, 0.15) is 23.5 Å². The minimum atomic E-state index is -0.545. The Bertz CT molecular complexity index is 621. The van der Waals surface area contributed by atoms with Gasteiger partial charge in [0.05, 0.1) is 12.1 Å². The molecule has 0 saturated heterocycles. The maximum atomic E-state index is 13.6. The minimum absolute atomic E-state index is 0.0963. The number of fused-ring (bicyclic) bond motifs is 1. The molecule has 1 aliphatic heterocycles. The van der Waals surface area contributed by atoms with E-state index in [2.05, 4.69) is 10.6 Å². The van der Waals surface area contributed by atoms with E-state index in [-0.39, 0.29) is 23.6 Å². The predicted molar refractivity (Wildman–Crippen MR) is 61.7 cm³/mol. The first-order valence-corrected chi connectivity index (χ1v) is 5.03. The summed E-state index contributed by atoms with van der Waals surface area (Å²) < 4.78 is 13.6. The summed E-state index contributed by atoms with van der Waals surface area (Å²) in [5.74, 6) is -0.733. The van der Waals surface area contributed by atoms with Gasteiger partial charge in [-0.25, -0.2) is 4.39 Å². The normalized spacial score (nSPS) is 11.8. The molecular weight excluding hydrogens is 235 g/mol. The second kappa shape index (κ2) is 4.56. The summed E-state index contributed by atoms with van der Waals surface area (Å²) >= 11 is 0. The first-order chi connectivity index (χ1) is 8.63. The van der Waals surface area contributed by atoms with Gasteiger partial charge < -0.3 is 10.6 Å². The minimum Gasteiger partial charge on any atom is -0.357 e. The highest BCUT2D eigenvalue weighted by Crippen LogP contribution is 2.29. The van der Waals surface area contributed by atoms with Crippen LogP contribution in [0.1, 0.15) is 5.56 Å². The number of nitriles is 2. The van der Waals surface area contributed by atoms with Gasteiger partial charge >= 0.3 is 0 Å². The SMILES string of the molecule is N#CC(C#N)=CNc1cc2c(cc1F)CC(=O)N2. The molecule has 0 bridgehead atoms. The van der Waals surface area contributed by atoms with Crippen LogP contribution < -0.4 is 10.6 Å². The van der Waals surface area contributed by atoms with Crippen LogP contribution in [0.5, 0.6) is 0 Å². The summed E-state index contributed by atoms with van der Waals surface area (Å²) in [5.41, 5.74) is 1.05. The lowest BCUT2D eigenvalue weighted by Gasteiger charge is -2.05. The van der Waals surface area contributed by atoms with Gasteiger partial charge in [-0.15, -0.1) is 0 Å². The molecule has 2 N–H and O–H groups in total. The Labute approximate surface area is 102 Å². The number of carbonyl (C=O) groups is 1. The van der Waals surface area contributed by atoms with E-state index in [1.807, 2.05) is 0 Å². The van der Waals surface area contributed by atoms with Crippen molar-refractivity contribution < 1.29 is 9.18 Å². The molecule has 0 fully saturated rings. The fourth-order valence-electron chi connectivity index (χ4n) is 1.59. The zero-order valence-corrected chi connectivity index (χ0v) is 9.12. The average Bonchev–Trinajstić information content (AvgIpc) is 2.69. The molecule has 18 heavy (non-hydrogen) atoms. The Balaban J connectivity index is 2.29. The summed E-state index contributed by atoms with van der Waals surface area (Å²) in [4.78, 5) is 11.1. The number of rotatable bonds is 2. The number of allylic oxidation sites excluding steroid dienone is 1. The molecule has 0 unspecified atom stereocenters. The molecule has 1 aromatic carbocycles. The van der Waals surface area contributed by atoms with E-state index in [0.717, 1.165) is 6.20 Å². The molecule has 0 aromatic heterocycles. The van der Waals surface area contributed by atoms with Gasteiger partial charge in [-0.1, -0.05) is 0 Å². The first kappa shape index (κ1) is 11.6. The molecule has 1 heterocycles. The highest BCUT2D eigenvalue weighted by Gasteiger charge is 2.19. The maximum Gasteiger partial charge on any atom is 0.228 e. The summed E-state index contributed by atoms with van der Waals surface area (Å²) in [5, 5.41) is 22.2. The third-order valence-electron chi connectivity index (χ3n) is 2.43. The van der Waals surface area contributed by atoms with Crippen molar-refractivity contribution >= 4 is 17.3 Å². The van der Waals surface area contributed by atoms with Crippen molar-refractivity contribution in [1.82, 2.24) is 0 Å². The zero-order chi connectivity index (χ0) is 13.1. The molecule has 88 valence electrons. The lowest BCUT2D eigenvalue weighted by atomic mass is 10.1. The molecule has 1 amide bonds. The molecule has 0 radical (unpaired) electrons. The van der Waals surface area contributed by atoms with Crippen LogP contribution >= 0.6 is 0 Å². The molecule has 0 saturated carbocycles. The molecule has 0 aliphatic carbocycles. The Hall–Kier alpha value is -2.86. The van der Waals surface area contributed by atoms with E-state index in [9.17, 15) is 9.18 Å². The maximum absolute atomic E-state index is 13.6. The molecule has 6 heteroatoms. The number of hydrogen-bond donors (Lipinski definition) is 2. The molecule has 2 rings (SSSR count). The number of halogens is 1. The number of benzene rings is 1. The molecule has 0 atom stereocenters. The Morgan fingerprint density at radius 2 is 2.17 bits per heavy atom. The first-order valence-electron chi connectivity index (χ1n) is 5.03. The van der Waals surface area contributed by atoms with Crippen LogP contribution in [-0.2, 0) is 11.2 Å². The third-order valence-corrected chi connectivity index (χ3v) is 2.43. The average molecular weight is 242 g/mol. The van der Waals surface area contributed by atoms with Crippen molar-refractivity contribution in [3.8, 4) is 12.1 Å². The fraction of sp³-hybridized carbons (Fsp3) is 0.0833. The molecular formula is C12H7FN4O. The van der Waals surface area contributed by atoms with Crippen LogP contribution in [0.25, 0.3) is 0 Å². The fourth-order valence-corrected chi connectivity index (χ4v) is 1.59. The van der Waals surface area contributed by atoms with Gasteiger partial charge in [-0.05, 0) is 17.7 Å². The van der Waals surface area contributed by atoms with Gasteiger partial charge in [0.15, 0.2) is 0 Å². The van der Waals surface area contributed by atoms with Crippen LogP contribution in [-0.4, -0.2) is 5.91 Å². The molecule has 1 aromatic rings. The van der Waals surface area contributed by atoms with Crippen molar-refractivity contribution in [1.29, 1.82) is 10.5 Å². The molecule has 1 aliphatic rings. The van der Waals surface area contributed by atoms with Crippen LogP contribution in [0.4, 0.5) is 15.8 Å². The smallest absolute Gasteiger partial charge is 0.228 e. The number of anilines is 2. The van der Waals surface area contributed by atoms with E-state index in [1.165, 1.54) is 12.1 Å². The van der Waals surface area contributed by atoms with E-state index >= 15 is 0 Å². The van der Waals surface area contributed by atoms with E-state index in [0.29, 0.717) is 11.3 Å². The monoisotopic (exact) mass is 242 g/mol. The van der Waals surface area contributed by atoms with Crippen molar-refractivity contribution in [3.63, 3.8) is 0 Å². The van der Waals surface area contributed by atoms with E-state index < -0.39 is 5.82 Å². The van der Waals surface area contributed by atoms with Crippen molar-refractivity contribution in [3.05, 3.63) is 35.3 Å². The van der Waals surface area contributed by atoms with E-state index in [4.69, 9.17) is 10.5 Å². The van der Waals surface area contributed by atoms with Crippen molar-refractivity contribution in [2.45, 2.75) is 6.42 Å². The molecule has 5 nitrogen and oxygen atoms in total. The zero-order valence-electron chi connectivity index (χ0n) is 9.12. The summed E-state index contributed by atoms with van der Waals surface area (Å²) in [6, 6.07) is 5.97. The van der Waals surface area contributed by atoms with Gasteiger partial charge in [0.2, 0.25) is 5.91 Å². The van der Waals surface area contributed by atoms with Gasteiger partial charge in [-0.3, -0.25) is 4.79 Å². The second-order valence-electron chi connectivity index (χ2n) is 3.64. The quantitative estimate of drug-likeness (QED) is 0.772. The van der Waals surface area contributed by atoms with Crippen LogP contribution in [0.15, 0.2) is 23.9 Å². The Morgan fingerprint density at radius 3 is 2.83 bits per heavy atom.